The molecular weight excluding hydrogens is 256 g/mol. The molecule has 20 heavy (non-hydrogen) atoms. The van der Waals surface area contributed by atoms with Crippen LogP contribution in [-0.4, -0.2) is 35.8 Å². The Bertz CT molecular complexity index is 532. The van der Waals surface area contributed by atoms with Crippen LogP contribution in [0.1, 0.15) is 30.6 Å². The molecule has 1 aromatic carbocycles. The van der Waals surface area contributed by atoms with Gasteiger partial charge in [-0.3, -0.25) is 0 Å². The van der Waals surface area contributed by atoms with Gasteiger partial charge in [0.05, 0.1) is 6.10 Å². The maximum atomic E-state index is 11.6. The third-order valence-corrected chi connectivity index (χ3v) is 4.22. The van der Waals surface area contributed by atoms with E-state index >= 15 is 0 Å². The highest BCUT2D eigenvalue weighted by molar-refractivity contribution is 5.92. The van der Waals surface area contributed by atoms with E-state index in [1.807, 2.05) is 18.2 Å². The number of hydrogen-bond donors (Lipinski definition) is 2. The van der Waals surface area contributed by atoms with E-state index in [0.29, 0.717) is 19.1 Å². The maximum Gasteiger partial charge on any atom is 0.321 e. The fraction of sp³-hybridized carbons (Fsp3) is 0.533. The van der Waals surface area contributed by atoms with Crippen molar-refractivity contribution < 1.29 is 14.6 Å². The predicted octanol–water partition coefficient (Wildman–Crippen LogP) is 2.12. The van der Waals surface area contributed by atoms with E-state index < -0.39 is 6.10 Å². The van der Waals surface area contributed by atoms with E-state index in [2.05, 4.69) is 12.2 Å². The second-order valence-corrected chi connectivity index (χ2v) is 5.75. The number of benzene rings is 1. The Morgan fingerprint density at radius 2 is 2.30 bits per heavy atom. The van der Waals surface area contributed by atoms with Gasteiger partial charge in [0.1, 0.15) is 6.10 Å². The van der Waals surface area contributed by atoms with Crippen molar-refractivity contribution in [2.24, 2.45) is 5.92 Å². The number of carbonyl (C=O) groups is 1. The molecule has 5 heteroatoms. The SMILES string of the molecule is CC1CCOC1C(O)c1ccc2c(c1)CN(C)C(=O)N2. The lowest BCUT2D eigenvalue weighted by molar-refractivity contribution is -0.0178. The molecule has 0 bridgehead atoms. The van der Waals surface area contributed by atoms with Crippen molar-refractivity contribution in [2.45, 2.75) is 32.1 Å². The van der Waals surface area contributed by atoms with E-state index in [9.17, 15) is 9.90 Å². The first kappa shape index (κ1) is 13.4. The minimum Gasteiger partial charge on any atom is -0.386 e. The van der Waals surface area contributed by atoms with Crippen LogP contribution in [0.3, 0.4) is 0 Å². The Hall–Kier alpha value is -1.59. The number of aliphatic hydroxyl groups is 1. The lowest BCUT2D eigenvalue weighted by Gasteiger charge is -2.28. The molecule has 3 rings (SSSR count). The zero-order valence-corrected chi connectivity index (χ0v) is 11.8. The van der Waals surface area contributed by atoms with Gasteiger partial charge in [0.15, 0.2) is 0 Å². The van der Waals surface area contributed by atoms with Gasteiger partial charge in [0.2, 0.25) is 0 Å². The van der Waals surface area contributed by atoms with Gasteiger partial charge in [0, 0.05) is 25.9 Å². The number of rotatable bonds is 2. The molecule has 3 atom stereocenters. The highest BCUT2D eigenvalue weighted by Gasteiger charge is 2.32. The first-order valence-electron chi connectivity index (χ1n) is 7.01. The summed E-state index contributed by atoms with van der Waals surface area (Å²) in [6.07, 6.45) is 0.246. The number of anilines is 1. The van der Waals surface area contributed by atoms with Crippen LogP contribution in [0.5, 0.6) is 0 Å². The number of hydrogen-bond acceptors (Lipinski definition) is 3. The molecular formula is C15H20N2O3. The van der Waals surface area contributed by atoms with Crippen molar-refractivity contribution in [3.8, 4) is 0 Å². The topological polar surface area (TPSA) is 61.8 Å². The molecule has 1 saturated heterocycles. The molecule has 2 heterocycles. The molecule has 0 saturated carbocycles. The van der Waals surface area contributed by atoms with E-state index in [-0.39, 0.29) is 12.1 Å². The van der Waals surface area contributed by atoms with Crippen molar-refractivity contribution in [3.63, 3.8) is 0 Å². The van der Waals surface area contributed by atoms with Gasteiger partial charge in [-0.15, -0.1) is 0 Å². The van der Waals surface area contributed by atoms with Crippen molar-refractivity contribution >= 4 is 11.7 Å². The summed E-state index contributed by atoms with van der Waals surface area (Å²) in [4.78, 5) is 13.2. The van der Waals surface area contributed by atoms with Crippen LogP contribution < -0.4 is 5.32 Å². The molecule has 2 aliphatic heterocycles. The fourth-order valence-corrected chi connectivity index (χ4v) is 2.90. The molecule has 2 amide bonds. The largest absolute Gasteiger partial charge is 0.386 e. The lowest BCUT2D eigenvalue weighted by atomic mass is 9.93. The summed E-state index contributed by atoms with van der Waals surface area (Å²) >= 11 is 0. The highest BCUT2D eigenvalue weighted by Crippen LogP contribution is 2.33. The van der Waals surface area contributed by atoms with Crippen LogP contribution in [-0.2, 0) is 11.3 Å². The molecule has 0 aliphatic carbocycles. The fourth-order valence-electron chi connectivity index (χ4n) is 2.90. The third kappa shape index (κ3) is 2.27. The summed E-state index contributed by atoms with van der Waals surface area (Å²) in [6.45, 7) is 3.38. The number of amides is 2. The van der Waals surface area contributed by atoms with Gasteiger partial charge >= 0.3 is 6.03 Å². The van der Waals surface area contributed by atoms with Crippen LogP contribution in [0.25, 0.3) is 0 Å². The van der Waals surface area contributed by atoms with Crippen LogP contribution in [0.2, 0.25) is 0 Å². The van der Waals surface area contributed by atoms with Crippen molar-refractivity contribution in [3.05, 3.63) is 29.3 Å². The Morgan fingerprint density at radius 3 is 3.00 bits per heavy atom. The quantitative estimate of drug-likeness (QED) is 0.869. The normalized spacial score (nSPS) is 27.1. The number of fused-ring (bicyclic) bond motifs is 1. The number of aliphatic hydroxyl groups excluding tert-OH is 1. The van der Waals surface area contributed by atoms with Gasteiger partial charge < -0.3 is 20.1 Å². The van der Waals surface area contributed by atoms with Gasteiger partial charge in [-0.2, -0.15) is 0 Å². The number of nitrogens with one attached hydrogen (secondary N) is 1. The molecule has 0 aromatic heterocycles. The minimum absolute atomic E-state index is 0.0986. The van der Waals surface area contributed by atoms with E-state index in [4.69, 9.17) is 4.74 Å². The van der Waals surface area contributed by atoms with Gasteiger partial charge in [-0.25, -0.2) is 4.79 Å². The third-order valence-electron chi connectivity index (χ3n) is 4.22. The molecule has 1 fully saturated rings. The van der Waals surface area contributed by atoms with Crippen LogP contribution in [0.15, 0.2) is 18.2 Å². The average Bonchev–Trinajstić information content (AvgIpc) is 2.85. The second-order valence-electron chi connectivity index (χ2n) is 5.75. The Balaban J connectivity index is 1.85. The Labute approximate surface area is 118 Å². The van der Waals surface area contributed by atoms with Gasteiger partial charge in [0.25, 0.3) is 0 Å². The van der Waals surface area contributed by atoms with Gasteiger partial charge in [-0.1, -0.05) is 13.0 Å². The monoisotopic (exact) mass is 276 g/mol. The molecule has 0 spiro atoms. The van der Waals surface area contributed by atoms with Crippen molar-refractivity contribution in [1.82, 2.24) is 4.90 Å². The number of nitrogens with zero attached hydrogens (tertiary/aromatic N) is 1. The van der Waals surface area contributed by atoms with E-state index in [0.717, 1.165) is 23.2 Å². The zero-order valence-electron chi connectivity index (χ0n) is 11.8. The Morgan fingerprint density at radius 1 is 1.50 bits per heavy atom. The zero-order chi connectivity index (χ0) is 14.3. The predicted molar refractivity (Wildman–Crippen MR) is 75.4 cm³/mol. The molecule has 108 valence electrons. The smallest absolute Gasteiger partial charge is 0.321 e. The average molecular weight is 276 g/mol. The summed E-state index contributed by atoms with van der Waals surface area (Å²) in [7, 11) is 1.75. The van der Waals surface area contributed by atoms with E-state index in [1.165, 1.54) is 0 Å². The molecule has 2 aliphatic rings. The van der Waals surface area contributed by atoms with E-state index in [1.54, 1.807) is 11.9 Å². The first-order chi connectivity index (χ1) is 9.56. The van der Waals surface area contributed by atoms with Crippen LogP contribution >= 0.6 is 0 Å². The maximum absolute atomic E-state index is 11.6. The summed E-state index contributed by atoms with van der Waals surface area (Å²) in [5.74, 6) is 0.364. The summed E-state index contributed by atoms with van der Waals surface area (Å²) in [6, 6.07) is 5.59. The first-order valence-corrected chi connectivity index (χ1v) is 7.01. The number of ether oxygens (including phenoxy) is 1. The molecule has 0 radical (unpaired) electrons. The molecule has 3 unspecified atom stereocenters. The lowest BCUT2D eigenvalue weighted by Crippen LogP contribution is -2.35. The Kier molecular flexibility index (Phi) is 3.40. The summed E-state index contributed by atoms with van der Waals surface area (Å²) in [5, 5.41) is 13.3. The standard InChI is InChI=1S/C15H20N2O3/c1-9-5-6-20-14(9)13(18)10-3-4-12-11(7-10)8-17(2)15(19)16-12/h3-4,7,9,13-14,18H,5-6,8H2,1-2H3,(H,16,19). The van der Waals surface area contributed by atoms with Crippen LogP contribution in [0, 0.1) is 5.92 Å². The van der Waals surface area contributed by atoms with Gasteiger partial charge in [-0.05, 0) is 35.6 Å². The molecule has 1 aromatic rings. The number of carbonyl (C=O) groups excluding carboxylic acids is 1. The summed E-state index contributed by atoms with van der Waals surface area (Å²) in [5.41, 5.74) is 2.70. The van der Waals surface area contributed by atoms with Crippen molar-refractivity contribution in [1.29, 1.82) is 0 Å². The molecule has 2 N–H and O–H groups in total. The second kappa shape index (κ2) is 5.07. The highest BCUT2D eigenvalue weighted by atomic mass is 16.5. The minimum atomic E-state index is -0.610. The summed E-state index contributed by atoms with van der Waals surface area (Å²) < 4.78 is 5.63. The number of urea groups is 1. The molecule has 5 nitrogen and oxygen atoms in total. The van der Waals surface area contributed by atoms with Crippen LogP contribution in [0.4, 0.5) is 10.5 Å². The van der Waals surface area contributed by atoms with Crippen molar-refractivity contribution in [2.75, 3.05) is 19.0 Å².